The zero-order valence-corrected chi connectivity index (χ0v) is 10.2. The van der Waals surface area contributed by atoms with Gasteiger partial charge >= 0.3 is 11.9 Å². The summed E-state index contributed by atoms with van der Waals surface area (Å²) in [4.78, 5) is 29.7. The molecule has 0 aliphatic carbocycles. The number of carbonyl (C=O) groups is 2. The molecule has 8 nitrogen and oxygen atoms in total. The summed E-state index contributed by atoms with van der Waals surface area (Å²) < 4.78 is 4.33. The van der Waals surface area contributed by atoms with E-state index in [0.717, 1.165) is 0 Å². The van der Waals surface area contributed by atoms with Crippen LogP contribution in [0, 0.1) is 10.1 Å². The average Bonchev–Trinajstić information content (AvgIpc) is 2.29. The molecule has 0 aromatic heterocycles. The van der Waals surface area contributed by atoms with Crippen LogP contribution in [0.3, 0.4) is 0 Å². The molecule has 1 aromatic rings. The number of nitro benzene ring substituents is 1. The number of esters is 1. The lowest BCUT2D eigenvalue weighted by Gasteiger charge is -1.95. The van der Waals surface area contributed by atoms with E-state index in [1.807, 2.05) is 0 Å². The van der Waals surface area contributed by atoms with Gasteiger partial charge in [0, 0.05) is 17.8 Å². The van der Waals surface area contributed by atoms with Gasteiger partial charge in [-0.3, -0.25) is 19.7 Å². The molecule has 0 heterocycles. The van der Waals surface area contributed by atoms with E-state index >= 15 is 0 Å². The third-order valence-electron chi connectivity index (χ3n) is 1.70. The first kappa shape index (κ1) is 16.4. The van der Waals surface area contributed by atoms with E-state index < -0.39 is 23.3 Å². The number of carboxylic acids is 1. The molecule has 0 amide bonds. The number of carboxylic acid groups (broad SMARTS) is 1. The summed E-state index contributed by atoms with van der Waals surface area (Å²) in [6.45, 7) is 1.85. The standard InChI is InChI=1S/C6H6N2O2.C5H8O4/c7-5-1-3-6(4-2-5)8(9)10;1-2-9-5(8)3-4(6)7/h1-4H,7H2;2-3H2,1H3,(H,6,7). The monoisotopic (exact) mass is 270 g/mol. The highest BCUT2D eigenvalue weighted by atomic mass is 16.6. The molecule has 0 aliphatic rings. The lowest BCUT2D eigenvalue weighted by atomic mass is 10.3. The Morgan fingerprint density at radius 2 is 1.89 bits per heavy atom. The minimum Gasteiger partial charge on any atom is -0.481 e. The summed E-state index contributed by atoms with van der Waals surface area (Å²) in [6, 6.07) is 5.74. The number of ether oxygens (including phenoxy) is 1. The number of non-ortho nitro benzene ring substituents is 1. The molecular weight excluding hydrogens is 256 g/mol. The maximum atomic E-state index is 10.3. The molecule has 3 N–H and O–H groups in total. The zero-order chi connectivity index (χ0) is 14.8. The highest BCUT2D eigenvalue weighted by Gasteiger charge is 2.06. The SMILES string of the molecule is CCOC(=O)CC(=O)O.Nc1ccc([N+](=O)[O-])cc1. The minimum absolute atomic E-state index is 0.0641. The van der Waals surface area contributed by atoms with Gasteiger partial charge in [-0.05, 0) is 19.1 Å². The number of nitrogens with zero attached hydrogens (tertiary/aromatic N) is 1. The number of hydrogen-bond acceptors (Lipinski definition) is 6. The molecule has 104 valence electrons. The van der Waals surface area contributed by atoms with Crippen LogP contribution in [0.25, 0.3) is 0 Å². The maximum absolute atomic E-state index is 10.3. The Morgan fingerprint density at radius 3 is 2.26 bits per heavy atom. The number of benzene rings is 1. The Labute approximate surface area is 108 Å². The summed E-state index contributed by atoms with van der Waals surface area (Å²) >= 11 is 0. The van der Waals surface area contributed by atoms with Crippen LogP contribution in [0.15, 0.2) is 24.3 Å². The number of nitrogens with two attached hydrogens (primary N) is 1. The van der Waals surface area contributed by atoms with E-state index in [-0.39, 0.29) is 12.3 Å². The van der Waals surface area contributed by atoms with Crippen molar-refractivity contribution in [2.24, 2.45) is 0 Å². The minimum atomic E-state index is -1.16. The summed E-state index contributed by atoms with van der Waals surface area (Å²) in [7, 11) is 0. The number of rotatable bonds is 4. The molecular formula is C11H14N2O6. The highest BCUT2D eigenvalue weighted by molar-refractivity contribution is 5.90. The first-order valence-electron chi connectivity index (χ1n) is 5.24. The van der Waals surface area contributed by atoms with E-state index in [4.69, 9.17) is 10.8 Å². The van der Waals surface area contributed by atoms with E-state index in [0.29, 0.717) is 5.69 Å². The Morgan fingerprint density at radius 1 is 1.37 bits per heavy atom. The number of nitrogen functional groups attached to an aromatic ring is 1. The Kier molecular flexibility index (Phi) is 7.28. The normalized spacial score (nSPS) is 8.89. The van der Waals surface area contributed by atoms with Gasteiger partial charge in [0.1, 0.15) is 6.42 Å². The number of aliphatic carboxylic acids is 1. The first-order valence-corrected chi connectivity index (χ1v) is 5.24. The van der Waals surface area contributed by atoms with Crippen molar-refractivity contribution in [1.29, 1.82) is 0 Å². The molecule has 8 heteroatoms. The molecule has 1 rings (SSSR count). The predicted octanol–water partition coefficient (Wildman–Crippen LogP) is 1.20. The summed E-state index contributed by atoms with van der Waals surface area (Å²) in [6.07, 6.45) is -0.548. The second-order valence-corrected chi connectivity index (χ2v) is 3.22. The Hall–Kier alpha value is -2.64. The molecule has 0 radical (unpaired) electrons. The molecule has 0 spiro atoms. The zero-order valence-electron chi connectivity index (χ0n) is 10.2. The van der Waals surface area contributed by atoms with Crippen molar-refractivity contribution >= 4 is 23.3 Å². The summed E-state index contributed by atoms with van der Waals surface area (Å²) in [5.74, 6) is -1.85. The van der Waals surface area contributed by atoms with Crippen molar-refractivity contribution in [3.8, 4) is 0 Å². The molecule has 0 saturated heterocycles. The van der Waals surface area contributed by atoms with Gasteiger partial charge in [0.05, 0.1) is 11.5 Å². The smallest absolute Gasteiger partial charge is 0.317 e. The molecule has 1 aromatic carbocycles. The van der Waals surface area contributed by atoms with Gasteiger partial charge < -0.3 is 15.6 Å². The Bertz CT molecular complexity index is 443. The van der Waals surface area contributed by atoms with Gasteiger partial charge in [-0.1, -0.05) is 0 Å². The van der Waals surface area contributed by atoms with E-state index in [1.54, 1.807) is 6.92 Å². The van der Waals surface area contributed by atoms with Crippen molar-refractivity contribution in [3.63, 3.8) is 0 Å². The van der Waals surface area contributed by atoms with Gasteiger partial charge in [-0.2, -0.15) is 0 Å². The van der Waals surface area contributed by atoms with Gasteiger partial charge in [-0.25, -0.2) is 0 Å². The fraction of sp³-hybridized carbons (Fsp3) is 0.273. The number of nitro groups is 1. The number of anilines is 1. The second-order valence-electron chi connectivity index (χ2n) is 3.22. The van der Waals surface area contributed by atoms with Gasteiger partial charge in [0.2, 0.25) is 0 Å². The van der Waals surface area contributed by atoms with Crippen LogP contribution < -0.4 is 5.73 Å². The van der Waals surface area contributed by atoms with Crippen LogP contribution in [-0.4, -0.2) is 28.6 Å². The van der Waals surface area contributed by atoms with Crippen LogP contribution >= 0.6 is 0 Å². The highest BCUT2D eigenvalue weighted by Crippen LogP contribution is 2.11. The average molecular weight is 270 g/mol. The second kappa shape index (κ2) is 8.45. The lowest BCUT2D eigenvalue weighted by molar-refractivity contribution is -0.384. The predicted molar refractivity (Wildman–Crippen MR) is 66.4 cm³/mol. The fourth-order valence-electron chi connectivity index (χ4n) is 0.932. The molecule has 19 heavy (non-hydrogen) atoms. The first-order chi connectivity index (χ1) is 8.86. The summed E-state index contributed by atoms with van der Waals surface area (Å²) in [5.41, 5.74) is 5.90. The van der Waals surface area contributed by atoms with Crippen molar-refractivity contribution < 1.29 is 24.4 Å². The van der Waals surface area contributed by atoms with E-state index in [1.165, 1.54) is 24.3 Å². The van der Waals surface area contributed by atoms with E-state index in [2.05, 4.69) is 4.74 Å². The van der Waals surface area contributed by atoms with Crippen molar-refractivity contribution in [1.82, 2.24) is 0 Å². The van der Waals surface area contributed by atoms with Crippen LogP contribution in [-0.2, 0) is 14.3 Å². The molecule has 0 aliphatic heterocycles. The Balaban J connectivity index is 0.000000344. The van der Waals surface area contributed by atoms with Crippen LogP contribution in [0.5, 0.6) is 0 Å². The molecule has 0 fully saturated rings. The topological polar surface area (TPSA) is 133 Å². The molecule has 0 unspecified atom stereocenters. The van der Waals surface area contributed by atoms with Crippen LogP contribution in [0.1, 0.15) is 13.3 Å². The van der Waals surface area contributed by atoms with Gasteiger partial charge in [0.25, 0.3) is 5.69 Å². The largest absolute Gasteiger partial charge is 0.481 e. The maximum Gasteiger partial charge on any atom is 0.317 e. The van der Waals surface area contributed by atoms with E-state index in [9.17, 15) is 19.7 Å². The molecule has 0 atom stereocenters. The van der Waals surface area contributed by atoms with Gasteiger partial charge in [0.15, 0.2) is 0 Å². The molecule has 0 saturated carbocycles. The van der Waals surface area contributed by atoms with Crippen LogP contribution in [0.4, 0.5) is 11.4 Å². The third kappa shape index (κ3) is 8.13. The quantitative estimate of drug-likeness (QED) is 0.276. The lowest BCUT2D eigenvalue weighted by Crippen LogP contribution is -2.09. The fourth-order valence-corrected chi connectivity index (χ4v) is 0.932. The van der Waals surface area contributed by atoms with Crippen molar-refractivity contribution in [2.45, 2.75) is 13.3 Å². The number of hydrogen-bond donors (Lipinski definition) is 2. The van der Waals surface area contributed by atoms with Gasteiger partial charge in [-0.15, -0.1) is 0 Å². The van der Waals surface area contributed by atoms with Crippen molar-refractivity contribution in [2.75, 3.05) is 12.3 Å². The third-order valence-corrected chi connectivity index (χ3v) is 1.70. The number of carbonyl (C=O) groups excluding carboxylic acids is 1. The summed E-state index contributed by atoms with van der Waals surface area (Å²) in [5, 5.41) is 18.1. The van der Waals surface area contributed by atoms with Crippen LogP contribution in [0.2, 0.25) is 0 Å². The molecule has 0 bridgehead atoms. The van der Waals surface area contributed by atoms with Crippen molar-refractivity contribution in [3.05, 3.63) is 34.4 Å².